The molecule has 0 saturated carbocycles. The number of anilines is 1. The lowest BCUT2D eigenvalue weighted by Crippen LogP contribution is -2.51. The second-order valence-electron chi connectivity index (χ2n) is 10.1. The lowest BCUT2D eigenvalue weighted by molar-refractivity contribution is -0.139. The number of nitrogens with zero attached hydrogens (tertiary/aromatic N) is 2. The quantitative estimate of drug-likeness (QED) is 0.338. The Labute approximate surface area is 236 Å². The van der Waals surface area contributed by atoms with Crippen LogP contribution in [0.3, 0.4) is 0 Å². The highest BCUT2D eigenvalue weighted by molar-refractivity contribution is 7.92. The van der Waals surface area contributed by atoms with Crippen LogP contribution >= 0.6 is 11.6 Å². The Kier molecular flexibility index (Phi) is 10.2. The molecule has 0 aromatic heterocycles. The molecule has 0 spiro atoms. The van der Waals surface area contributed by atoms with Gasteiger partial charge in [-0.2, -0.15) is 0 Å². The molecule has 0 fully saturated rings. The molecular weight excluding hydrogens is 534 g/mol. The minimum Gasteiger partial charge on any atom is -0.354 e. The first-order chi connectivity index (χ1) is 18.4. The third-order valence-electron chi connectivity index (χ3n) is 6.51. The van der Waals surface area contributed by atoms with Gasteiger partial charge in [0.15, 0.2) is 0 Å². The van der Waals surface area contributed by atoms with Crippen LogP contribution in [0.5, 0.6) is 0 Å². The van der Waals surface area contributed by atoms with Crippen molar-refractivity contribution in [3.63, 3.8) is 0 Å². The summed E-state index contributed by atoms with van der Waals surface area (Å²) in [6, 6.07) is 19.4. The maximum atomic E-state index is 13.9. The third-order valence-corrected chi connectivity index (χ3v) is 8.55. The topological polar surface area (TPSA) is 86.8 Å². The van der Waals surface area contributed by atoms with Gasteiger partial charge in [0.25, 0.3) is 10.0 Å². The van der Waals surface area contributed by atoms with E-state index in [0.29, 0.717) is 17.3 Å². The van der Waals surface area contributed by atoms with E-state index < -0.39 is 28.5 Å². The Morgan fingerprint density at radius 3 is 2.13 bits per heavy atom. The SMILES string of the molecule is Cc1ccc(N(CC(=O)N(Cc2ccc(Cl)cc2)[C@@H](C)C(=O)NCC(C)C)S(=O)(=O)c2ccccc2)cc1C. The van der Waals surface area contributed by atoms with Gasteiger partial charge < -0.3 is 10.2 Å². The number of benzene rings is 3. The smallest absolute Gasteiger partial charge is 0.264 e. The first kappa shape index (κ1) is 30.2. The van der Waals surface area contributed by atoms with Crippen molar-refractivity contribution in [2.75, 3.05) is 17.4 Å². The predicted molar refractivity (Wildman–Crippen MR) is 156 cm³/mol. The van der Waals surface area contributed by atoms with Gasteiger partial charge in [0.2, 0.25) is 11.8 Å². The van der Waals surface area contributed by atoms with Gasteiger partial charge in [0, 0.05) is 18.1 Å². The summed E-state index contributed by atoms with van der Waals surface area (Å²) in [7, 11) is -4.09. The minimum absolute atomic E-state index is 0.0722. The molecule has 0 aliphatic carbocycles. The number of rotatable bonds is 11. The van der Waals surface area contributed by atoms with E-state index in [2.05, 4.69) is 5.32 Å². The van der Waals surface area contributed by atoms with Crippen LogP contribution in [-0.4, -0.2) is 44.3 Å². The highest BCUT2D eigenvalue weighted by Crippen LogP contribution is 2.26. The molecule has 3 aromatic carbocycles. The van der Waals surface area contributed by atoms with Crippen LogP contribution in [0.1, 0.15) is 37.5 Å². The van der Waals surface area contributed by atoms with E-state index in [1.54, 1.807) is 61.5 Å². The summed E-state index contributed by atoms with van der Waals surface area (Å²) in [6.07, 6.45) is 0. The van der Waals surface area contributed by atoms with Crippen molar-refractivity contribution in [2.45, 2.75) is 52.1 Å². The molecule has 208 valence electrons. The number of sulfonamides is 1. The maximum Gasteiger partial charge on any atom is 0.264 e. The van der Waals surface area contributed by atoms with E-state index in [1.807, 2.05) is 33.8 Å². The third kappa shape index (κ3) is 7.83. The fraction of sp³-hybridized carbons (Fsp3) is 0.333. The Balaban J connectivity index is 2.02. The molecule has 0 radical (unpaired) electrons. The molecule has 3 aromatic rings. The molecule has 1 atom stereocenters. The fourth-order valence-electron chi connectivity index (χ4n) is 3.95. The summed E-state index contributed by atoms with van der Waals surface area (Å²) in [5.41, 5.74) is 3.04. The number of halogens is 1. The number of nitrogens with one attached hydrogen (secondary N) is 1. The van der Waals surface area contributed by atoms with Gasteiger partial charge >= 0.3 is 0 Å². The summed E-state index contributed by atoms with van der Waals surface area (Å²) < 4.78 is 28.8. The molecule has 0 aliphatic heterocycles. The molecule has 9 heteroatoms. The van der Waals surface area contributed by atoms with E-state index in [9.17, 15) is 18.0 Å². The highest BCUT2D eigenvalue weighted by Gasteiger charge is 2.32. The van der Waals surface area contributed by atoms with E-state index in [4.69, 9.17) is 11.6 Å². The van der Waals surface area contributed by atoms with Crippen LogP contribution in [0.25, 0.3) is 0 Å². The van der Waals surface area contributed by atoms with Crippen molar-refractivity contribution in [3.8, 4) is 0 Å². The number of amides is 2. The number of hydrogen-bond donors (Lipinski definition) is 1. The van der Waals surface area contributed by atoms with Crippen molar-refractivity contribution in [3.05, 3.63) is 94.5 Å². The minimum atomic E-state index is -4.09. The summed E-state index contributed by atoms with van der Waals surface area (Å²) in [5.74, 6) is -0.581. The van der Waals surface area contributed by atoms with Crippen molar-refractivity contribution in [1.29, 1.82) is 0 Å². The van der Waals surface area contributed by atoms with Crippen molar-refractivity contribution >= 4 is 39.1 Å². The first-order valence-electron chi connectivity index (χ1n) is 12.9. The average Bonchev–Trinajstić information content (AvgIpc) is 2.91. The van der Waals surface area contributed by atoms with Crippen molar-refractivity contribution < 1.29 is 18.0 Å². The van der Waals surface area contributed by atoms with Crippen LogP contribution in [0.15, 0.2) is 77.7 Å². The van der Waals surface area contributed by atoms with Crippen LogP contribution in [0.4, 0.5) is 5.69 Å². The number of aryl methyl sites for hydroxylation is 2. The average molecular weight is 570 g/mol. The van der Waals surface area contributed by atoms with Gasteiger partial charge in [-0.15, -0.1) is 0 Å². The van der Waals surface area contributed by atoms with Crippen molar-refractivity contribution in [1.82, 2.24) is 10.2 Å². The molecule has 0 bridgehead atoms. The predicted octanol–water partition coefficient (Wildman–Crippen LogP) is 5.34. The normalized spacial score (nSPS) is 12.2. The fourth-order valence-corrected chi connectivity index (χ4v) is 5.50. The summed E-state index contributed by atoms with van der Waals surface area (Å²) in [6.45, 7) is 9.54. The van der Waals surface area contributed by atoms with Gasteiger partial charge in [-0.05, 0) is 79.8 Å². The van der Waals surface area contributed by atoms with Gasteiger partial charge in [-0.3, -0.25) is 13.9 Å². The number of carbonyl (C=O) groups is 2. The van der Waals surface area contributed by atoms with E-state index >= 15 is 0 Å². The zero-order chi connectivity index (χ0) is 28.7. The Morgan fingerprint density at radius 1 is 0.897 bits per heavy atom. The van der Waals surface area contributed by atoms with Crippen LogP contribution in [0, 0.1) is 19.8 Å². The molecule has 7 nitrogen and oxygen atoms in total. The second kappa shape index (κ2) is 13.1. The van der Waals surface area contributed by atoms with E-state index in [-0.39, 0.29) is 23.3 Å². The maximum absolute atomic E-state index is 13.9. The van der Waals surface area contributed by atoms with Crippen LogP contribution in [-0.2, 0) is 26.2 Å². The van der Waals surface area contributed by atoms with Crippen LogP contribution < -0.4 is 9.62 Å². The Bertz CT molecular complexity index is 1390. The number of hydrogen-bond acceptors (Lipinski definition) is 4. The molecule has 39 heavy (non-hydrogen) atoms. The standard InChI is InChI=1S/C30H36ClN3O4S/c1-21(2)18-32-30(36)24(5)33(19-25-12-14-26(31)15-13-25)29(35)20-34(27-16-11-22(3)23(4)17-27)39(37,38)28-9-7-6-8-10-28/h6-17,21,24H,18-20H2,1-5H3,(H,32,36)/t24-/m0/s1. The lowest BCUT2D eigenvalue weighted by atomic mass is 10.1. The summed E-state index contributed by atoms with van der Waals surface area (Å²) in [4.78, 5) is 28.4. The van der Waals surface area contributed by atoms with Gasteiger partial charge in [-0.1, -0.05) is 61.8 Å². The monoisotopic (exact) mass is 569 g/mol. The molecule has 0 unspecified atom stereocenters. The molecule has 0 heterocycles. The Hall–Kier alpha value is -3.36. The zero-order valence-electron chi connectivity index (χ0n) is 23.0. The van der Waals surface area contributed by atoms with Gasteiger partial charge in [-0.25, -0.2) is 8.42 Å². The largest absolute Gasteiger partial charge is 0.354 e. The molecule has 1 N–H and O–H groups in total. The van der Waals surface area contributed by atoms with E-state index in [0.717, 1.165) is 21.0 Å². The van der Waals surface area contributed by atoms with Gasteiger partial charge in [0.1, 0.15) is 12.6 Å². The number of carbonyl (C=O) groups excluding carboxylic acids is 2. The summed E-state index contributed by atoms with van der Waals surface area (Å²) in [5, 5.41) is 3.43. The molecule has 2 amide bonds. The van der Waals surface area contributed by atoms with Gasteiger partial charge in [0.05, 0.1) is 10.6 Å². The molecular formula is C30H36ClN3O4S. The lowest BCUT2D eigenvalue weighted by Gasteiger charge is -2.32. The van der Waals surface area contributed by atoms with Crippen molar-refractivity contribution in [2.24, 2.45) is 5.92 Å². The Morgan fingerprint density at radius 2 is 1.54 bits per heavy atom. The zero-order valence-corrected chi connectivity index (χ0v) is 24.6. The van der Waals surface area contributed by atoms with E-state index in [1.165, 1.54) is 17.0 Å². The van der Waals surface area contributed by atoms with Crippen LogP contribution in [0.2, 0.25) is 5.02 Å². The molecule has 0 saturated heterocycles. The second-order valence-corrected chi connectivity index (χ2v) is 12.4. The highest BCUT2D eigenvalue weighted by atomic mass is 35.5. The molecule has 0 aliphatic rings. The first-order valence-corrected chi connectivity index (χ1v) is 14.7. The summed E-state index contributed by atoms with van der Waals surface area (Å²) >= 11 is 6.05. The molecule has 3 rings (SSSR count).